The second kappa shape index (κ2) is 5.22. The fraction of sp³-hybridized carbons (Fsp3) is 0.417. The highest BCUT2D eigenvalue weighted by Crippen LogP contribution is 2.51. The number of hydrogen-bond acceptors (Lipinski definition) is 3. The summed E-state index contributed by atoms with van der Waals surface area (Å²) in [6, 6.07) is 8.66. The van der Waals surface area contributed by atoms with E-state index < -0.39 is 24.6 Å². The van der Waals surface area contributed by atoms with Gasteiger partial charge in [-0.25, -0.2) is 0 Å². The van der Waals surface area contributed by atoms with Gasteiger partial charge in [-0.2, -0.15) is 0 Å². The van der Waals surface area contributed by atoms with E-state index >= 15 is 0 Å². The molecule has 100 valence electrons. The van der Waals surface area contributed by atoms with Crippen LogP contribution in [0.15, 0.2) is 30.3 Å². The second-order valence-electron chi connectivity index (χ2n) is 4.54. The summed E-state index contributed by atoms with van der Waals surface area (Å²) in [6.07, 6.45) is -0.921. The van der Waals surface area contributed by atoms with Crippen molar-refractivity contribution in [1.29, 1.82) is 0 Å². The Labute approximate surface area is 106 Å². The van der Waals surface area contributed by atoms with Gasteiger partial charge in [0, 0.05) is 0 Å². The first-order valence-corrected chi connectivity index (χ1v) is 7.09. The van der Waals surface area contributed by atoms with Gasteiger partial charge in [-0.05, 0) is 32.9 Å². The van der Waals surface area contributed by atoms with Crippen LogP contribution in [0.2, 0.25) is 0 Å². The zero-order valence-corrected chi connectivity index (χ0v) is 11.4. The lowest BCUT2D eigenvalue weighted by atomic mass is 10.0. The third kappa shape index (κ3) is 3.19. The van der Waals surface area contributed by atoms with Crippen LogP contribution in [0.4, 0.5) is 0 Å². The van der Waals surface area contributed by atoms with Gasteiger partial charge in [0.2, 0.25) is 0 Å². The normalized spacial score (nSPS) is 14.1. The molecule has 5 nitrogen and oxygen atoms in total. The Hall–Kier alpha value is -1.16. The van der Waals surface area contributed by atoms with Crippen molar-refractivity contribution in [2.24, 2.45) is 0 Å². The second-order valence-corrected chi connectivity index (χ2v) is 6.75. The summed E-state index contributed by atoms with van der Waals surface area (Å²) in [4.78, 5) is 30.3. The topological polar surface area (TPSA) is 83.8 Å². The van der Waals surface area contributed by atoms with E-state index in [1.807, 2.05) is 0 Å². The maximum absolute atomic E-state index is 12.0. The first-order chi connectivity index (χ1) is 8.16. The number of carbonyl (C=O) groups excluding carboxylic acids is 1. The van der Waals surface area contributed by atoms with E-state index in [1.165, 1.54) is 20.8 Å². The van der Waals surface area contributed by atoms with Crippen LogP contribution in [0.1, 0.15) is 20.8 Å². The van der Waals surface area contributed by atoms with Crippen molar-refractivity contribution in [3.05, 3.63) is 30.3 Å². The fourth-order valence-electron chi connectivity index (χ4n) is 1.40. The molecule has 0 radical (unpaired) electrons. The predicted molar refractivity (Wildman–Crippen MR) is 67.7 cm³/mol. The Kier molecular flexibility index (Phi) is 4.32. The lowest BCUT2D eigenvalue weighted by Gasteiger charge is -2.27. The van der Waals surface area contributed by atoms with Crippen molar-refractivity contribution in [3.63, 3.8) is 0 Å². The van der Waals surface area contributed by atoms with Crippen molar-refractivity contribution >= 4 is 13.4 Å². The molecule has 0 bridgehead atoms. The molecular formula is C12H17O5P. The maximum Gasteiger partial charge on any atom is 0.338 e. The van der Waals surface area contributed by atoms with Crippen molar-refractivity contribution in [1.82, 2.24) is 0 Å². The monoisotopic (exact) mass is 272 g/mol. The predicted octanol–water partition coefficient (Wildman–Crippen LogP) is 1.98. The standard InChI is InChI=1S/C12H17O5P/c1-9(17-10-7-5-4-6-8-10)11(13)12(2,3)18(14,15)16/h4-9H,1-3H3,(H2,14,15,16)/t9-/m1/s1. The van der Waals surface area contributed by atoms with Crippen molar-refractivity contribution in [2.45, 2.75) is 32.0 Å². The number of ketones is 1. The number of Topliss-reactive ketones (excluding diaryl/α,β-unsaturated/α-hetero) is 1. The Balaban J connectivity index is 2.83. The van der Waals surface area contributed by atoms with Gasteiger partial charge >= 0.3 is 7.60 Å². The quantitative estimate of drug-likeness (QED) is 0.801. The number of carbonyl (C=O) groups is 1. The zero-order chi connectivity index (χ0) is 14.0. The molecule has 0 spiro atoms. The molecule has 1 aromatic carbocycles. The van der Waals surface area contributed by atoms with E-state index in [4.69, 9.17) is 14.5 Å². The van der Waals surface area contributed by atoms with Crippen LogP contribution in [0.3, 0.4) is 0 Å². The molecule has 1 atom stereocenters. The molecule has 2 N–H and O–H groups in total. The molecule has 0 heterocycles. The largest absolute Gasteiger partial charge is 0.483 e. The molecule has 0 amide bonds. The minimum Gasteiger partial charge on any atom is -0.483 e. The molecule has 0 saturated heterocycles. The van der Waals surface area contributed by atoms with Crippen LogP contribution in [0.5, 0.6) is 5.75 Å². The van der Waals surface area contributed by atoms with Crippen LogP contribution >= 0.6 is 7.60 Å². The summed E-state index contributed by atoms with van der Waals surface area (Å²) >= 11 is 0. The smallest absolute Gasteiger partial charge is 0.338 e. The fourth-order valence-corrected chi connectivity index (χ4v) is 1.87. The molecule has 1 aromatic rings. The Bertz CT molecular complexity index is 463. The van der Waals surface area contributed by atoms with E-state index in [1.54, 1.807) is 30.3 Å². The highest BCUT2D eigenvalue weighted by atomic mass is 31.2. The van der Waals surface area contributed by atoms with Gasteiger partial charge in [0.15, 0.2) is 11.9 Å². The van der Waals surface area contributed by atoms with Crippen molar-refractivity contribution < 1.29 is 23.9 Å². The molecule has 0 aliphatic carbocycles. The van der Waals surface area contributed by atoms with Gasteiger partial charge in [-0.3, -0.25) is 9.36 Å². The summed E-state index contributed by atoms with van der Waals surface area (Å²) < 4.78 is 16.6. The van der Waals surface area contributed by atoms with E-state index in [-0.39, 0.29) is 0 Å². The summed E-state index contributed by atoms with van der Waals surface area (Å²) in [6.45, 7) is 3.93. The lowest BCUT2D eigenvalue weighted by molar-refractivity contribution is -0.127. The number of hydrogen-bond donors (Lipinski definition) is 2. The molecule has 1 rings (SSSR count). The van der Waals surface area contributed by atoms with Crippen LogP contribution in [0, 0.1) is 0 Å². The average molecular weight is 272 g/mol. The number of rotatable bonds is 5. The van der Waals surface area contributed by atoms with Gasteiger partial charge in [-0.15, -0.1) is 0 Å². The molecule has 6 heteroatoms. The summed E-state index contributed by atoms with van der Waals surface area (Å²) in [7, 11) is -4.51. The molecule has 0 saturated carbocycles. The van der Waals surface area contributed by atoms with E-state index in [0.29, 0.717) is 5.75 Å². The summed E-state index contributed by atoms with van der Waals surface area (Å²) in [5, 5.41) is -1.75. The first-order valence-electron chi connectivity index (χ1n) is 5.48. The third-order valence-corrected chi connectivity index (χ3v) is 4.43. The molecular weight excluding hydrogens is 255 g/mol. The minimum atomic E-state index is -4.51. The SMILES string of the molecule is C[C@@H](Oc1ccccc1)C(=O)C(C)(C)P(=O)(O)O. The van der Waals surface area contributed by atoms with E-state index in [0.717, 1.165) is 0 Å². The molecule has 0 aliphatic rings. The van der Waals surface area contributed by atoms with Crippen LogP contribution < -0.4 is 4.74 Å². The van der Waals surface area contributed by atoms with Crippen LogP contribution in [-0.2, 0) is 9.36 Å². The van der Waals surface area contributed by atoms with Gasteiger partial charge in [0.05, 0.1) is 0 Å². The third-order valence-electron chi connectivity index (χ3n) is 2.76. The van der Waals surface area contributed by atoms with Gasteiger partial charge in [-0.1, -0.05) is 18.2 Å². The van der Waals surface area contributed by atoms with Crippen LogP contribution in [0.25, 0.3) is 0 Å². The van der Waals surface area contributed by atoms with Gasteiger partial charge in [0.25, 0.3) is 0 Å². The van der Waals surface area contributed by atoms with E-state index in [2.05, 4.69) is 0 Å². The molecule has 0 unspecified atom stereocenters. The Morgan fingerprint density at radius 3 is 2.22 bits per heavy atom. The Morgan fingerprint density at radius 1 is 1.28 bits per heavy atom. The number of para-hydroxylation sites is 1. The minimum absolute atomic E-state index is 0.486. The number of ether oxygens (including phenoxy) is 1. The molecule has 18 heavy (non-hydrogen) atoms. The van der Waals surface area contributed by atoms with E-state index in [9.17, 15) is 9.36 Å². The van der Waals surface area contributed by atoms with Crippen molar-refractivity contribution in [2.75, 3.05) is 0 Å². The molecule has 0 fully saturated rings. The number of benzene rings is 1. The van der Waals surface area contributed by atoms with Gasteiger partial charge in [0.1, 0.15) is 10.9 Å². The first kappa shape index (κ1) is 14.9. The highest BCUT2D eigenvalue weighted by molar-refractivity contribution is 7.54. The maximum atomic E-state index is 12.0. The van der Waals surface area contributed by atoms with Crippen LogP contribution in [-0.4, -0.2) is 26.8 Å². The zero-order valence-electron chi connectivity index (χ0n) is 10.5. The highest BCUT2D eigenvalue weighted by Gasteiger charge is 2.47. The van der Waals surface area contributed by atoms with Crippen molar-refractivity contribution in [3.8, 4) is 5.75 Å². The lowest BCUT2D eigenvalue weighted by Crippen LogP contribution is -2.41. The Morgan fingerprint density at radius 2 is 1.78 bits per heavy atom. The average Bonchev–Trinajstić information content (AvgIpc) is 2.27. The van der Waals surface area contributed by atoms with Gasteiger partial charge < -0.3 is 14.5 Å². The summed E-state index contributed by atoms with van der Waals surface area (Å²) in [5.74, 6) is -0.139. The molecule has 0 aliphatic heterocycles. The molecule has 0 aromatic heterocycles. The summed E-state index contributed by atoms with van der Waals surface area (Å²) in [5.41, 5.74) is 0.